The van der Waals surface area contributed by atoms with E-state index in [-0.39, 0.29) is 23.0 Å². The van der Waals surface area contributed by atoms with Crippen molar-refractivity contribution in [1.29, 1.82) is 0 Å². The fourth-order valence-electron chi connectivity index (χ4n) is 11.3. The van der Waals surface area contributed by atoms with Crippen molar-refractivity contribution < 1.29 is 9.47 Å². The Morgan fingerprint density at radius 3 is 1.84 bits per heavy atom. The lowest BCUT2D eigenvalue weighted by Gasteiger charge is -2.51. The minimum Gasteiger partial charge on any atom is -0.458 e. The third kappa shape index (κ3) is 2.98. The molecule has 0 N–H and O–H groups in total. The highest BCUT2D eigenvalue weighted by atomic mass is 16.5. The van der Waals surface area contributed by atoms with Crippen molar-refractivity contribution in [2.75, 3.05) is 4.90 Å². The number of rotatable bonds is 0. The highest BCUT2D eigenvalue weighted by molar-refractivity contribution is 7.01. The smallest absolute Gasteiger partial charge is 0.266 e. The first-order chi connectivity index (χ1) is 24.4. The lowest BCUT2D eigenvalue weighted by Crippen LogP contribution is -2.63. The summed E-state index contributed by atoms with van der Waals surface area (Å²) in [4.78, 5) is 2.61. The average molecular weight is 660 g/mol. The number of fused-ring (bicyclic) bond motifs is 12. The van der Waals surface area contributed by atoms with Crippen LogP contribution in [-0.4, -0.2) is 6.71 Å². The Morgan fingerprint density at radius 1 is 0.510 bits per heavy atom. The first-order valence-electron chi connectivity index (χ1n) is 18.5. The molecule has 246 valence electrons. The van der Waals surface area contributed by atoms with Crippen LogP contribution in [0.1, 0.15) is 86.1 Å². The van der Waals surface area contributed by atoms with Crippen molar-refractivity contribution in [2.24, 2.45) is 0 Å². The summed E-state index contributed by atoms with van der Waals surface area (Å²) >= 11 is 0. The topological polar surface area (TPSA) is 21.7 Å². The van der Waals surface area contributed by atoms with Crippen molar-refractivity contribution in [3.05, 3.63) is 129 Å². The molecule has 4 heteroatoms. The van der Waals surface area contributed by atoms with Crippen LogP contribution in [0.4, 0.5) is 17.1 Å². The fourth-order valence-corrected chi connectivity index (χ4v) is 11.3. The molecule has 12 rings (SSSR count). The predicted octanol–water partition coefficient (Wildman–Crippen LogP) is 10.1. The molecule has 0 unspecified atom stereocenters. The van der Waals surface area contributed by atoms with E-state index in [1.165, 1.54) is 89.2 Å². The monoisotopic (exact) mass is 659 g/mol. The van der Waals surface area contributed by atoms with Gasteiger partial charge in [0.05, 0.1) is 5.69 Å². The number of benzene rings is 6. The number of hydrogen-bond acceptors (Lipinski definition) is 3. The Balaban J connectivity index is 1.33. The molecule has 0 saturated carbocycles. The van der Waals surface area contributed by atoms with Crippen molar-refractivity contribution in [2.45, 2.75) is 71.6 Å². The van der Waals surface area contributed by atoms with Gasteiger partial charge < -0.3 is 14.4 Å². The maximum Gasteiger partial charge on any atom is 0.266 e. The number of hydrogen-bond donors (Lipinski definition) is 0. The number of aryl methyl sites for hydroxylation is 2. The molecule has 0 spiro atoms. The highest BCUT2D eigenvalue weighted by Gasteiger charge is 2.57. The second-order valence-corrected chi connectivity index (χ2v) is 17.4. The zero-order valence-electron chi connectivity index (χ0n) is 30.4. The lowest BCUT2D eigenvalue weighted by atomic mass is 9.32. The van der Waals surface area contributed by atoms with Crippen LogP contribution in [0.2, 0.25) is 0 Å². The van der Waals surface area contributed by atoms with Crippen LogP contribution >= 0.6 is 0 Å². The Bertz CT molecular complexity index is 2700. The van der Waals surface area contributed by atoms with Crippen LogP contribution in [0.25, 0.3) is 22.3 Å². The van der Waals surface area contributed by atoms with Crippen LogP contribution in [0.3, 0.4) is 0 Å². The summed E-state index contributed by atoms with van der Waals surface area (Å²) in [6.45, 7) is 18.8. The molecule has 0 radical (unpaired) electrons. The lowest BCUT2D eigenvalue weighted by molar-refractivity contribution is 0.447. The van der Waals surface area contributed by atoms with E-state index in [1.807, 2.05) is 0 Å². The quantitative estimate of drug-likeness (QED) is 0.151. The van der Waals surface area contributed by atoms with Crippen molar-refractivity contribution >= 4 is 40.2 Å². The van der Waals surface area contributed by atoms with E-state index < -0.39 is 0 Å². The Labute approximate surface area is 300 Å². The summed E-state index contributed by atoms with van der Waals surface area (Å²) in [7, 11) is 0. The van der Waals surface area contributed by atoms with E-state index in [4.69, 9.17) is 9.47 Å². The molecule has 0 aromatic heterocycles. The zero-order valence-corrected chi connectivity index (χ0v) is 30.4. The summed E-state index contributed by atoms with van der Waals surface area (Å²) in [5.41, 5.74) is 22.6. The average Bonchev–Trinajstić information content (AvgIpc) is 3.47. The molecule has 6 aromatic carbocycles. The van der Waals surface area contributed by atoms with Gasteiger partial charge in [-0.15, -0.1) is 0 Å². The van der Waals surface area contributed by atoms with Gasteiger partial charge in [0.25, 0.3) is 6.71 Å². The second kappa shape index (κ2) is 8.45. The van der Waals surface area contributed by atoms with Gasteiger partial charge in [-0.05, 0) is 99.1 Å². The zero-order chi connectivity index (χ0) is 34.7. The van der Waals surface area contributed by atoms with Gasteiger partial charge in [0.15, 0.2) is 0 Å². The molecule has 0 atom stereocenters. The predicted molar refractivity (Wildman–Crippen MR) is 209 cm³/mol. The highest BCUT2D eigenvalue weighted by Crippen LogP contribution is 2.65. The summed E-state index contributed by atoms with van der Waals surface area (Å²) in [6.07, 6.45) is 0. The van der Waals surface area contributed by atoms with E-state index in [1.54, 1.807) is 0 Å². The number of anilines is 3. The first kappa shape index (κ1) is 28.5. The molecule has 0 fully saturated rings. The standard InChI is InChI=1S/C47H38BNO2/c1-23-17-18-31-30(19-23)47(7,8)37-35-26-14-10-12-16-29(26)46(5,6)38(35)44-41-42(37)49(31)32-22-27-25-13-9-11-15-28(25)45(3,4)36(27)43-39(32)48(41)40-33(50-43)20-24(2)21-34(40)51-44/h9-22H,1-8H3. The summed E-state index contributed by atoms with van der Waals surface area (Å²) in [5.74, 6) is 3.92. The largest absolute Gasteiger partial charge is 0.458 e. The maximum atomic E-state index is 7.36. The van der Waals surface area contributed by atoms with Crippen LogP contribution in [0.15, 0.2) is 84.9 Å². The second-order valence-electron chi connectivity index (χ2n) is 17.4. The fraction of sp³-hybridized carbons (Fsp3) is 0.234. The molecule has 6 aliphatic rings. The molecular weight excluding hydrogens is 621 g/mol. The van der Waals surface area contributed by atoms with E-state index >= 15 is 0 Å². The van der Waals surface area contributed by atoms with Crippen LogP contribution < -0.4 is 30.8 Å². The van der Waals surface area contributed by atoms with Gasteiger partial charge in [0.2, 0.25) is 0 Å². The van der Waals surface area contributed by atoms with Crippen molar-refractivity contribution in [3.63, 3.8) is 0 Å². The van der Waals surface area contributed by atoms with Gasteiger partial charge in [-0.2, -0.15) is 0 Å². The van der Waals surface area contributed by atoms with E-state index in [9.17, 15) is 0 Å². The maximum absolute atomic E-state index is 7.36. The van der Waals surface area contributed by atoms with Crippen LogP contribution in [0, 0.1) is 13.8 Å². The summed E-state index contributed by atoms with van der Waals surface area (Å²) < 4.78 is 14.7. The first-order valence-corrected chi connectivity index (χ1v) is 18.5. The third-order valence-corrected chi connectivity index (χ3v) is 13.5. The molecule has 0 bridgehead atoms. The summed E-state index contributed by atoms with van der Waals surface area (Å²) in [5, 5.41) is 0. The molecule has 4 heterocycles. The SMILES string of the molecule is Cc1cc2c3c(c1)Oc1c4c5c(c6c1C(C)(C)c1ccccc1-6)C(C)(C)c1cc(C)ccc1N5c1cc5c(c(c1B34)O2)C(C)(C)c1ccccc1-5. The minimum absolute atomic E-state index is 0.0134. The van der Waals surface area contributed by atoms with Crippen molar-refractivity contribution in [1.82, 2.24) is 0 Å². The van der Waals surface area contributed by atoms with Gasteiger partial charge >= 0.3 is 0 Å². The summed E-state index contributed by atoms with van der Waals surface area (Å²) in [6, 6.07) is 32.1. The van der Waals surface area contributed by atoms with Gasteiger partial charge in [-0.3, -0.25) is 0 Å². The van der Waals surface area contributed by atoms with Gasteiger partial charge in [0, 0.05) is 44.2 Å². The number of ether oxygens (including phenoxy) is 2. The molecular formula is C47H38BNO2. The van der Waals surface area contributed by atoms with E-state index in [0.717, 1.165) is 34.0 Å². The van der Waals surface area contributed by atoms with Gasteiger partial charge in [-0.25, -0.2) is 0 Å². The number of nitrogens with zero attached hydrogens (tertiary/aromatic N) is 1. The molecule has 0 saturated heterocycles. The molecule has 51 heavy (non-hydrogen) atoms. The minimum atomic E-state index is -0.271. The van der Waals surface area contributed by atoms with Crippen LogP contribution in [0.5, 0.6) is 23.0 Å². The molecule has 2 aliphatic carbocycles. The Hall–Kier alpha value is -5.22. The third-order valence-electron chi connectivity index (χ3n) is 13.5. The van der Waals surface area contributed by atoms with Gasteiger partial charge in [0.1, 0.15) is 23.0 Å². The van der Waals surface area contributed by atoms with E-state index in [2.05, 4.69) is 145 Å². The van der Waals surface area contributed by atoms with E-state index in [0.29, 0.717) is 0 Å². The molecule has 6 aromatic rings. The van der Waals surface area contributed by atoms with Crippen molar-refractivity contribution in [3.8, 4) is 45.3 Å². The molecule has 3 nitrogen and oxygen atoms in total. The van der Waals surface area contributed by atoms with Crippen LogP contribution in [-0.2, 0) is 16.2 Å². The normalized spacial score (nSPS) is 18.1. The Morgan fingerprint density at radius 2 is 1.12 bits per heavy atom. The van der Waals surface area contributed by atoms with Gasteiger partial charge in [-0.1, -0.05) is 108 Å². The Kier molecular flexibility index (Phi) is 4.72. The molecule has 4 aliphatic heterocycles. The molecule has 0 amide bonds.